The Labute approximate surface area is 234 Å². The number of carboxylic acids is 1. The molecule has 1 fully saturated rings. The number of likely N-dealkylation sites (N-methyl/N-ethyl adjacent to an activating group) is 1. The number of fused-ring (bicyclic) bond motifs is 1. The molecule has 2 aliphatic rings. The SMILES string of the molecule is CO/N=C(\C(=O)N[C@@H]1C(=O)N2C(C(=O)O)=C(C[n+]3ccccc3CCN(C)C(C)C)CS[C@H]12)c1csc(N)n1. The normalized spacial score (nSPS) is 19.3. The fourth-order valence-corrected chi connectivity index (χ4v) is 6.24. The lowest BCUT2D eigenvalue weighted by Gasteiger charge is -2.49. The van der Waals surface area contributed by atoms with E-state index in [1.165, 1.54) is 23.8 Å². The third-order valence-electron chi connectivity index (χ3n) is 6.70. The molecule has 0 bridgehead atoms. The van der Waals surface area contributed by atoms with Crippen molar-refractivity contribution in [3.8, 4) is 0 Å². The van der Waals surface area contributed by atoms with E-state index in [4.69, 9.17) is 10.6 Å². The van der Waals surface area contributed by atoms with Gasteiger partial charge in [0.1, 0.15) is 29.9 Å². The molecule has 14 heteroatoms. The number of hydrogen-bond acceptors (Lipinski definition) is 10. The number of aliphatic carboxylic acids is 1. The molecule has 4 N–H and O–H groups in total. The molecule has 39 heavy (non-hydrogen) atoms. The Morgan fingerprint density at radius 2 is 2.18 bits per heavy atom. The molecule has 0 spiro atoms. The average molecular weight is 575 g/mol. The molecule has 4 heterocycles. The van der Waals surface area contributed by atoms with Crippen molar-refractivity contribution in [1.29, 1.82) is 0 Å². The van der Waals surface area contributed by atoms with Crippen LogP contribution < -0.4 is 15.6 Å². The Balaban J connectivity index is 1.51. The van der Waals surface area contributed by atoms with Crippen molar-refractivity contribution in [1.82, 2.24) is 20.1 Å². The number of carbonyl (C=O) groups is 3. The predicted octanol–water partition coefficient (Wildman–Crippen LogP) is 0.685. The number of oxime groups is 1. The number of rotatable bonds is 11. The summed E-state index contributed by atoms with van der Waals surface area (Å²) in [5.74, 6) is -1.94. The van der Waals surface area contributed by atoms with E-state index in [1.807, 2.05) is 29.0 Å². The highest BCUT2D eigenvalue weighted by atomic mass is 32.2. The molecule has 0 aromatic carbocycles. The molecule has 208 valence electrons. The zero-order valence-electron chi connectivity index (χ0n) is 22.2. The Morgan fingerprint density at radius 3 is 2.82 bits per heavy atom. The van der Waals surface area contributed by atoms with Crippen LogP contribution >= 0.6 is 23.1 Å². The van der Waals surface area contributed by atoms with Crippen LogP contribution in [0.4, 0.5) is 5.13 Å². The van der Waals surface area contributed by atoms with E-state index in [0.717, 1.165) is 30.0 Å². The van der Waals surface area contributed by atoms with Gasteiger partial charge in [0.05, 0.1) is 0 Å². The van der Waals surface area contributed by atoms with Crippen LogP contribution in [0, 0.1) is 0 Å². The third kappa shape index (κ3) is 6.07. The Kier molecular flexibility index (Phi) is 8.87. The third-order valence-corrected chi connectivity index (χ3v) is 8.71. The van der Waals surface area contributed by atoms with E-state index in [-0.39, 0.29) is 22.2 Å². The van der Waals surface area contributed by atoms with Crippen LogP contribution in [-0.4, -0.2) is 87.3 Å². The molecule has 0 aliphatic carbocycles. The largest absolute Gasteiger partial charge is 0.477 e. The molecule has 2 atom stereocenters. The number of β-lactam (4-membered cyclic amide) rings is 1. The van der Waals surface area contributed by atoms with Crippen molar-refractivity contribution in [3.05, 3.63) is 52.4 Å². The molecule has 0 radical (unpaired) electrons. The summed E-state index contributed by atoms with van der Waals surface area (Å²) in [6.45, 7) is 5.48. The highest BCUT2D eigenvalue weighted by Crippen LogP contribution is 2.40. The maximum Gasteiger partial charge on any atom is 0.352 e. The van der Waals surface area contributed by atoms with Gasteiger partial charge in [-0.25, -0.2) is 9.78 Å². The monoisotopic (exact) mass is 574 g/mol. The van der Waals surface area contributed by atoms with Crippen molar-refractivity contribution in [2.24, 2.45) is 5.16 Å². The fraction of sp³-hybridized carbons (Fsp3) is 0.440. The zero-order chi connectivity index (χ0) is 28.3. The molecule has 1 saturated heterocycles. The lowest BCUT2D eigenvalue weighted by atomic mass is 10.0. The van der Waals surface area contributed by atoms with Crippen molar-refractivity contribution < 1.29 is 28.9 Å². The van der Waals surface area contributed by atoms with Crippen molar-refractivity contribution in [3.63, 3.8) is 0 Å². The van der Waals surface area contributed by atoms with Crippen LogP contribution in [-0.2, 0) is 32.2 Å². The number of anilines is 1. The van der Waals surface area contributed by atoms with Gasteiger partial charge in [0.2, 0.25) is 0 Å². The summed E-state index contributed by atoms with van der Waals surface area (Å²) in [6, 6.07) is 5.40. The van der Waals surface area contributed by atoms with Crippen LogP contribution in [0.2, 0.25) is 0 Å². The lowest BCUT2D eigenvalue weighted by Crippen LogP contribution is -2.71. The van der Waals surface area contributed by atoms with E-state index < -0.39 is 29.2 Å². The van der Waals surface area contributed by atoms with Crippen LogP contribution in [0.25, 0.3) is 0 Å². The summed E-state index contributed by atoms with van der Waals surface area (Å²) < 4.78 is 2.03. The van der Waals surface area contributed by atoms with Crippen molar-refractivity contribution in [2.45, 2.75) is 44.3 Å². The topological polar surface area (TPSA) is 154 Å². The number of amides is 2. The second-order valence-electron chi connectivity index (χ2n) is 9.46. The molecule has 2 amide bonds. The van der Waals surface area contributed by atoms with E-state index in [0.29, 0.717) is 23.9 Å². The molecule has 0 saturated carbocycles. The average Bonchev–Trinajstić information content (AvgIpc) is 3.34. The van der Waals surface area contributed by atoms with E-state index in [1.54, 1.807) is 5.38 Å². The Hall–Kier alpha value is -3.49. The molecule has 2 aromatic rings. The highest BCUT2D eigenvalue weighted by molar-refractivity contribution is 8.00. The summed E-state index contributed by atoms with van der Waals surface area (Å²) in [4.78, 5) is 50.8. The van der Waals surface area contributed by atoms with E-state index >= 15 is 0 Å². The second kappa shape index (κ2) is 12.1. The number of carboxylic acid groups (broad SMARTS) is 1. The molecule has 12 nitrogen and oxygen atoms in total. The van der Waals surface area contributed by atoms with E-state index in [9.17, 15) is 19.5 Å². The number of thioether (sulfide) groups is 1. The number of nitrogen functional groups attached to an aromatic ring is 1. The van der Waals surface area contributed by atoms with Gasteiger partial charge in [-0.2, -0.15) is 4.57 Å². The number of nitrogens with two attached hydrogens (primary N) is 1. The first kappa shape index (κ1) is 28.5. The number of aromatic nitrogens is 2. The van der Waals surface area contributed by atoms with E-state index in [2.05, 4.69) is 41.3 Å². The van der Waals surface area contributed by atoms with Crippen molar-refractivity contribution in [2.75, 3.05) is 32.2 Å². The number of pyridine rings is 1. The van der Waals surface area contributed by atoms with Gasteiger partial charge < -0.3 is 25.9 Å². The quantitative estimate of drug-likeness (QED) is 0.152. The smallest absolute Gasteiger partial charge is 0.352 e. The predicted molar refractivity (Wildman–Crippen MR) is 148 cm³/mol. The minimum Gasteiger partial charge on any atom is -0.477 e. The van der Waals surface area contributed by atoms with Gasteiger partial charge in [-0.3, -0.25) is 14.5 Å². The maximum absolute atomic E-state index is 13.2. The minimum absolute atomic E-state index is 0.0334. The Morgan fingerprint density at radius 1 is 1.41 bits per heavy atom. The first-order valence-electron chi connectivity index (χ1n) is 12.3. The van der Waals surface area contributed by atoms with Gasteiger partial charge in [-0.15, -0.1) is 23.1 Å². The molecule has 2 aliphatic heterocycles. The first-order valence-corrected chi connectivity index (χ1v) is 14.3. The first-order chi connectivity index (χ1) is 18.6. The summed E-state index contributed by atoms with van der Waals surface area (Å²) in [5, 5.41) is 17.8. The molecule has 4 rings (SSSR count). The van der Waals surface area contributed by atoms with Crippen LogP contribution in [0.5, 0.6) is 0 Å². The molecule has 0 unspecified atom stereocenters. The second-order valence-corrected chi connectivity index (χ2v) is 11.5. The summed E-state index contributed by atoms with van der Waals surface area (Å²) in [7, 11) is 3.36. The van der Waals surface area contributed by atoms with Gasteiger partial charge in [-0.05, 0) is 20.9 Å². The number of hydrogen-bond donors (Lipinski definition) is 3. The molecule has 2 aromatic heterocycles. The number of carbonyl (C=O) groups excluding carboxylic acids is 2. The van der Waals surface area contributed by atoms with Gasteiger partial charge >= 0.3 is 5.97 Å². The highest BCUT2D eigenvalue weighted by Gasteiger charge is 2.54. The molecular weight excluding hydrogens is 542 g/mol. The van der Waals surface area contributed by atoms with Crippen LogP contribution in [0.15, 0.2) is 46.2 Å². The van der Waals surface area contributed by atoms with Gasteiger partial charge in [0.25, 0.3) is 11.8 Å². The number of thiazole rings is 1. The lowest BCUT2D eigenvalue weighted by molar-refractivity contribution is -0.696. The summed E-state index contributed by atoms with van der Waals surface area (Å²) >= 11 is 2.55. The number of nitrogens with one attached hydrogen (secondary N) is 1. The standard InChI is InChI=1S/C25H31N7O5S2/c1-14(2)30(3)10-8-16-7-5-6-9-31(16)11-15-12-38-23-19(22(34)32(23)20(15)24(35)36)28-21(33)18(29-37-4)17-13-39-25(26)27-17/h5-7,9,13-14,19,23H,8,10-12H2,1-4H3,(H3-,26,27,28,33,35,36)/p+1/b29-18-/t19-,23-/m1/s1. The van der Waals surface area contributed by atoms with Crippen molar-refractivity contribution >= 4 is 51.7 Å². The summed E-state index contributed by atoms with van der Waals surface area (Å²) in [6.07, 6.45) is 2.73. The molecular formula is C25H32N7O5S2+. The van der Waals surface area contributed by atoms with Gasteiger partial charge in [0, 0.05) is 47.8 Å². The van der Waals surface area contributed by atoms with Gasteiger partial charge in [0.15, 0.2) is 29.3 Å². The van der Waals surface area contributed by atoms with Gasteiger partial charge in [-0.1, -0.05) is 11.2 Å². The zero-order valence-corrected chi connectivity index (χ0v) is 23.8. The number of nitrogens with zero attached hydrogens (tertiary/aromatic N) is 5. The van der Waals surface area contributed by atoms with Crippen LogP contribution in [0.3, 0.4) is 0 Å². The van der Waals surface area contributed by atoms with Crippen LogP contribution in [0.1, 0.15) is 25.2 Å². The summed E-state index contributed by atoms with van der Waals surface area (Å²) in [5.41, 5.74) is 7.45. The maximum atomic E-state index is 13.2. The Bertz CT molecular complexity index is 1330. The fourth-order valence-electron chi connectivity index (χ4n) is 4.35. The minimum atomic E-state index is -1.18.